The average molecular weight is 367 g/mol. The normalized spacial score (nSPS) is 12.4. The van der Waals surface area contributed by atoms with Gasteiger partial charge >= 0.3 is 0 Å². The highest BCUT2D eigenvalue weighted by molar-refractivity contribution is 5.93. The van der Waals surface area contributed by atoms with E-state index in [1.54, 1.807) is 26.0 Å². The molecule has 1 unspecified atom stereocenters. The molecule has 5 nitrogen and oxygen atoms in total. The molecule has 2 N–H and O–H groups in total. The molecule has 0 aromatic heterocycles. The molecule has 0 spiro atoms. The third kappa shape index (κ3) is 6.13. The Hall–Kier alpha value is -2.82. The van der Waals surface area contributed by atoms with Crippen LogP contribution >= 0.6 is 0 Å². The number of benzene rings is 2. The first-order valence-corrected chi connectivity index (χ1v) is 9.35. The van der Waals surface area contributed by atoms with Gasteiger partial charge in [0.1, 0.15) is 0 Å². The van der Waals surface area contributed by atoms with Crippen molar-refractivity contribution in [2.24, 2.45) is 4.99 Å². The zero-order chi connectivity index (χ0) is 19.6. The number of rotatable bonds is 7. The van der Waals surface area contributed by atoms with E-state index in [1.807, 2.05) is 30.3 Å². The van der Waals surface area contributed by atoms with Gasteiger partial charge in [0.05, 0.1) is 0 Å². The number of amides is 1. The summed E-state index contributed by atoms with van der Waals surface area (Å²) in [6, 6.07) is 18.2. The van der Waals surface area contributed by atoms with Crippen LogP contribution < -0.4 is 10.6 Å². The van der Waals surface area contributed by atoms with Crippen molar-refractivity contribution in [3.63, 3.8) is 0 Å². The molecule has 0 aliphatic carbocycles. The van der Waals surface area contributed by atoms with Crippen molar-refractivity contribution in [1.29, 1.82) is 0 Å². The zero-order valence-electron chi connectivity index (χ0n) is 16.7. The van der Waals surface area contributed by atoms with Gasteiger partial charge < -0.3 is 15.5 Å². The highest BCUT2D eigenvalue weighted by Gasteiger charge is 2.10. The van der Waals surface area contributed by atoms with E-state index in [2.05, 4.69) is 46.8 Å². The van der Waals surface area contributed by atoms with Crippen LogP contribution in [0.5, 0.6) is 0 Å². The van der Waals surface area contributed by atoms with E-state index in [4.69, 9.17) is 0 Å². The summed E-state index contributed by atoms with van der Waals surface area (Å²) >= 11 is 0. The van der Waals surface area contributed by atoms with E-state index in [1.165, 1.54) is 5.56 Å². The lowest BCUT2D eigenvalue weighted by Crippen LogP contribution is -2.38. The van der Waals surface area contributed by atoms with Crippen LogP contribution in [-0.4, -0.2) is 44.5 Å². The van der Waals surface area contributed by atoms with E-state index < -0.39 is 0 Å². The van der Waals surface area contributed by atoms with Crippen LogP contribution in [0.2, 0.25) is 0 Å². The van der Waals surface area contributed by atoms with Gasteiger partial charge in [0, 0.05) is 45.7 Å². The number of carbonyl (C=O) groups is 1. The van der Waals surface area contributed by atoms with E-state index >= 15 is 0 Å². The van der Waals surface area contributed by atoms with Gasteiger partial charge in [-0.25, -0.2) is 0 Å². The summed E-state index contributed by atoms with van der Waals surface area (Å²) in [5, 5.41) is 6.74. The predicted molar refractivity (Wildman–Crippen MR) is 112 cm³/mol. The molecular weight excluding hydrogens is 336 g/mol. The summed E-state index contributed by atoms with van der Waals surface area (Å²) < 4.78 is 0. The number of nitrogens with zero attached hydrogens (tertiary/aromatic N) is 2. The molecule has 1 amide bonds. The third-order valence-electron chi connectivity index (χ3n) is 4.57. The second-order valence-corrected chi connectivity index (χ2v) is 6.72. The van der Waals surface area contributed by atoms with Crippen LogP contribution in [0.15, 0.2) is 59.6 Å². The lowest BCUT2D eigenvalue weighted by atomic mass is 9.97. The fourth-order valence-electron chi connectivity index (χ4n) is 2.87. The van der Waals surface area contributed by atoms with Gasteiger partial charge in [-0.05, 0) is 29.7 Å². The van der Waals surface area contributed by atoms with Gasteiger partial charge in [-0.2, -0.15) is 0 Å². The van der Waals surface area contributed by atoms with Crippen molar-refractivity contribution >= 4 is 11.9 Å². The van der Waals surface area contributed by atoms with Crippen LogP contribution in [-0.2, 0) is 6.54 Å². The Kier molecular flexibility index (Phi) is 7.86. The molecular formula is C22H30N4O. The Morgan fingerprint density at radius 1 is 1.04 bits per heavy atom. The molecule has 0 aliphatic rings. The van der Waals surface area contributed by atoms with Crippen molar-refractivity contribution in [1.82, 2.24) is 15.5 Å². The molecule has 0 saturated carbocycles. The highest BCUT2D eigenvalue weighted by atomic mass is 16.2. The number of hydrogen-bond donors (Lipinski definition) is 2. The average Bonchev–Trinajstić information content (AvgIpc) is 2.71. The second kappa shape index (κ2) is 10.4. The molecule has 1 atom stereocenters. The minimum absolute atomic E-state index is 0.0125. The maximum absolute atomic E-state index is 11.9. The van der Waals surface area contributed by atoms with Crippen molar-refractivity contribution in [3.05, 3.63) is 71.3 Å². The van der Waals surface area contributed by atoms with Crippen LogP contribution in [0.25, 0.3) is 0 Å². The Balaban J connectivity index is 1.87. The molecule has 0 aliphatic heterocycles. The van der Waals surface area contributed by atoms with E-state index in [-0.39, 0.29) is 5.91 Å². The highest BCUT2D eigenvalue weighted by Crippen LogP contribution is 2.17. The standard InChI is InChI=1S/C22H30N4O/c1-5-18(19-9-7-6-8-10-19)16-25-22(23-2)24-15-17-11-13-20(14-12-17)21(27)26(3)4/h6-14,18H,5,15-16H2,1-4H3,(H2,23,24,25). The Labute approximate surface area is 162 Å². The maximum Gasteiger partial charge on any atom is 0.253 e. The summed E-state index contributed by atoms with van der Waals surface area (Å²) in [6.07, 6.45) is 1.06. The van der Waals surface area contributed by atoms with Crippen LogP contribution in [0.1, 0.15) is 40.7 Å². The minimum atomic E-state index is 0.0125. The van der Waals surface area contributed by atoms with Crippen LogP contribution in [0.3, 0.4) is 0 Å². The van der Waals surface area contributed by atoms with Gasteiger partial charge in [-0.3, -0.25) is 9.79 Å². The van der Waals surface area contributed by atoms with Crippen LogP contribution in [0.4, 0.5) is 0 Å². The molecule has 0 heterocycles. The number of aliphatic imine (C=N–C) groups is 1. The number of hydrogen-bond acceptors (Lipinski definition) is 2. The monoisotopic (exact) mass is 366 g/mol. The molecule has 0 saturated heterocycles. The topological polar surface area (TPSA) is 56.7 Å². The Morgan fingerprint density at radius 2 is 1.70 bits per heavy atom. The summed E-state index contributed by atoms with van der Waals surface area (Å²) in [4.78, 5) is 17.8. The molecule has 2 rings (SSSR count). The first-order chi connectivity index (χ1) is 13.0. The molecule has 2 aromatic rings. The van der Waals surface area contributed by atoms with Crippen LogP contribution in [0, 0.1) is 0 Å². The fraction of sp³-hybridized carbons (Fsp3) is 0.364. The van der Waals surface area contributed by atoms with Gasteiger partial charge in [0.2, 0.25) is 0 Å². The summed E-state index contributed by atoms with van der Waals surface area (Å²) in [7, 11) is 5.29. The van der Waals surface area contributed by atoms with Gasteiger partial charge in [-0.1, -0.05) is 49.4 Å². The largest absolute Gasteiger partial charge is 0.356 e. The lowest BCUT2D eigenvalue weighted by molar-refractivity contribution is 0.0827. The summed E-state index contributed by atoms with van der Waals surface area (Å²) in [5.74, 6) is 1.23. The number of guanidine groups is 1. The van der Waals surface area contributed by atoms with Crippen molar-refractivity contribution in [2.45, 2.75) is 25.8 Å². The molecule has 0 fully saturated rings. The fourth-order valence-corrected chi connectivity index (χ4v) is 2.87. The summed E-state index contributed by atoms with van der Waals surface area (Å²) in [5.41, 5.74) is 3.13. The predicted octanol–water partition coefficient (Wildman–Crippen LogP) is 3.25. The number of carbonyl (C=O) groups excluding carboxylic acids is 1. The first-order valence-electron chi connectivity index (χ1n) is 9.35. The quantitative estimate of drug-likeness (QED) is 0.584. The van der Waals surface area contributed by atoms with Gasteiger partial charge in [0.25, 0.3) is 5.91 Å². The van der Waals surface area contributed by atoms with Crippen molar-refractivity contribution in [2.75, 3.05) is 27.7 Å². The van der Waals surface area contributed by atoms with Gasteiger partial charge in [0.15, 0.2) is 5.96 Å². The Bertz CT molecular complexity index is 739. The molecule has 2 aromatic carbocycles. The Morgan fingerprint density at radius 3 is 2.26 bits per heavy atom. The third-order valence-corrected chi connectivity index (χ3v) is 4.57. The summed E-state index contributed by atoms with van der Waals surface area (Å²) in [6.45, 7) is 3.68. The number of nitrogens with one attached hydrogen (secondary N) is 2. The zero-order valence-corrected chi connectivity index (χ0v) is 16.7. The second-order valence-electron chi connectivity index (χ2n) is 6.72. The van der Waals surface area contributed by atoms with E-state index in [9.17, 15) is 4.79 Å². The van der Waals surface area contributed by atoms with E-state index in [0.717, 1.165) is 24.5 Å². The molecule has 27 heavy (non-hydrogen) atoms. The lowest BCUT2D eigenvalue weighted by Gasteiger charge is -2.18. The molecule has 0 bridgehead atoms. The molecule has 0 radical (unpaired) electrons. The molecule has 144 valence electrons. The molecule has 5 heteroatoms. The first kappa shape index (κ1) is 20.5. The van der Waals surface area contributed by atoms with Crippen molar-refractivity contribution < 1.29 is 4.79 Å². The van der Waals surface area contributed by atoms with Gasteiger partial charge in [-0.15, -0.1) is 0 Å². The SMILES string of the molecule is CCC(CNC(=NC)NCc1ccc(C(=O)N(C)C)cc1)c1ccccc1. The van der Waals surface area contributed by atoms with Crippen molar-refractivity contribution in [3.8, 4) is 0 Å². The smallest absolute Gasteiger partial charge is 0.253 e. The van der Waals surface area contributed by atoms with E-state index in [0.29, 0.717) is 18.0 Å². The maximum atomic E-state index is 11.9. The minimum Gasteiger partial charge on any atom is -0.356 e.